The lowest BCUT2D eigenvalue weighted by molar-refractivity contribution is -0.122. The summed E-state index contributed by atoms with van der Waals surface area (Å²) in [5.74, 6) is 0.751. The van der Waals surface area contributed by atoms with Crippen molar-refractivity contribution in [2.24, 2.45) is 11.3 Å². The summed E-state index contributed by atoms with van der Waals surface area (Å²) in [6, 6.07) is 0. The third kappa shape index (κ3) is 5.53. The van der Waals surface area contributed by atoms with Crippen molar-refractivity contribution in [1.29, 1.82) is 0 Å². The summed E-state index contributed by atoms with van der Waals surface area (Å²) in [5, 5.41) is 12.7. The second kappa shape index (κ2) is 6.39. The molecule has 0 bridgehead atoms. The van der Waals surface area contributed by atoms with E-state index in [1.807, 2.05) is 20.8 Å². The van der Waals surface area contributed by atoms with E-state index in [9.17, 15) is 9.90 Å². The zero-order chi connectivity index (χ0) is 12.9. The van der Waals surface area contributed by atoms with Gasteiger partial charge in [-0.25, -0.2) is 0 Å². The van der Waals surface area contributed by atoms with Crippen molar-refractivity contribution < 1.29 is 9.90 Å². The fraction of sp³-hybridized carbons (Fsp3) is 0.929. The van der Waals surface area contributed by atoms with Crippen molar-refractivity contribution in [3.8, 4) is 0 Å². The van der Waals surface area contributed by atoms with Crippen molar-refractivity contribution in [3.05, 3.63) is 0 Å². The average molecular weight is 241 g/mol. The van der Waals surface area contributed by atoms with Gasteiger partial charge in [0, 0.05) is 13.0 Å². The van der Waals surface area contributed by atoms with Crippen molar-refractivity contribution in [2.45, 2.75) is 65.4 Å². The van der Waals surface area contributed by atoms with Crippen molar-refractivity contribution in [2.75, 3.05) is 6.54 Å². The van der Waals surface area contributed by atoms with E-state index in [4.69, 9.17) is 0 Å². The van der Waals surface area contributed by atoms with Gasteiger partial charge < -0.3 is 10.4 Å². The minimum Gasteiger partial charge on any atom is -0.393 e. The highest BCUT2D eigenvalue weighted by molar-refractivity contribution is 5.76. The third-order valence-corrected chi connectivity index (χ3v) is 3.69. The second-order valence-corrected chi connectivity index (χ2v) is 6.38. The van der Waals surface area contributed by atoms with Gasteiger partial charge in [0.1, 0.15) is 0 Å². The summed E-state index contributed by atoms with van der Waals surface area (Å²) in [4.78, 5) is 11.6. The van der Waals surface area contributed by atoms with Gasteiger partial charge in [-0.2, -0.15) is 0 Å². The molecule has 0 aromatic carbocycles. The lowest BCUT2D eigenvalue weighted by Gasteiger charge is -2.25. The predicted molar refractivity (Wildman–Crippen MR) is 69.7 cm³/mol. The van der Waals surface area contributed by atoms with Crippen LogP contribution in [0, 0.1) is 11.3 Å². The minimum atomic E-state index is -0.353. The molecule has 1 atom stereocenters. The maximum atomic E-state index is 11.6. The molecule has 100 valence electrons. The van der Waals surface area contributed by atoms with Gasteiger partial charge in [0.05, 0.1) is 6.10 Å². The number of hydrogen-bond acceptors (Lipinski definition) is 2. The largest absolute Gasteiger partial charge is 0.393 e. The van der Waals surface area contributed by atoms with Crippen LogP contribution >= 0.6 is 0 Å². The van der Waals surface area contributed by atoms with Crippen LogP contribution in [0.15, 0.2) is 0 Å². The van der Waals surface area contributed by atoms with Gasteiger partial charge in [0.25, 0.3) is 0 Å². The molecule has 0 spiro atoms. The molecule has 0 aliphatic heterocycles. The van der Waals surface area contributed by atoms with E-state index in [-0.39, 0.29) is 17.4 Å². The first-order valence-electron chi connectivity index (χ1n) is 6.84. The van der Waals surface area contributed by atoms with Crippen LogP contribution in [0.4, 0.5) is 0 Å². The number of nitrogens with one attached hydrogen (secondary N) is 1. The van der Waals surface area contributed by atoms with Crippen LogP contribution in [0.1, 0.15) is 59.3 Å². The van der Waals surface area contributed by atoms with E-state index >= 15 is 0 Å². The molecule has 1 rings (SSSR count). The number of amides is 1. The Morgan fingerprint density at radius 2 is 1.94 bits per heavy atom. The van der Waals surface area contributed by atoms with Crippen LogP contribution in [0.2, 0.25) is 0 Å². The van der Waals surface area contributed by atoms with Crippen LogP contribution in [-0.2, 0) is 4.79 Å². The molecule has 17 heavy (non-hydrogen) atoms. The summed E-state index contributed by atoms with van der Waals surface area (Å²) >= 11 is 0. The number of carbonyl (C=O) groups is 1. The maximum Gasteiger partial charge on any atom is 0.220 e. The summed E-state index contributed by atoms with van der Waals surface area (Å²) in [5.41, 5.74) is -0.101. The van der Waals surface area contributed by atoms with Crippen LogP contribution in [0.3, 0.4) is 0 Å². The summed E-state index contributed by atoms with van der Waals surface area (Å²) < 4.78 is 0. The molecule has 1 fully saturated rings. The Labute approximate surface area is 105 Å². The van der Waals surface area contributed by atoms with E-state index in [0.717, 1.165) is 0 Å². The van der Waals surface area contributed by atoms with E-state index in [1.54, 1.807) is 0 Å². The lowest BCUT2D eigenvalue weighted by atomic mass is 9.87. The molecule has 0 radical (unpaired) electrons. The molecule has 0 aromatic rings. The van der Waals surface area contributed by atoms with Gasteiger partial charge in [0.15, 0.2) is 0 Å². The zero-order valence-corrected chi connectivity index (χ0v) is 11.5. The summed E-state index contributed by atoms with van der Waals surface area (Å²) in [6.07, 6.45) is 5.93. The maximum absolute atomic E-state index is 11.6. The Hall–Kier alpha value is -0.570. The van der Waals surface area contributed by atoms with E-state index in [0.29, 0.717) is 25.3 Å². The summed E-state index contributed by atoms with van der Waals surface area (Å²) in [6.45, 7) is 6.62. The monoisotopic (exact) mass is 241 g/mol. The van der Waals surface area contributed by atoms with Gasteiger partial charge >= 0.3 is 0 Å². The highest BCUT2D eigenvalue weighted by Crippen LogP contribution is 2.27. The standard InChI is InChI=1S/C14H27NO2/c1-14(2,3)12(16)8-9-15-13(17)10-11-6-4-5-7-11/h11-12,16H,4-10H2,1-3H3,(H,15,17)/t12-/m0/s1. The number of aliphatic hydroxyl groups excluding tert-OH is 1. The van der Waals surface area contributed by atoms with Gasteiger partial charge in [-0.3, -0.25) is 4.79 Å². The molecular weight excluding hydrogens is 214 g/mol. The topological polar surface area (TPSA) is 49.3 Å². The lowest BCUT2D eigenvalue weighted by Crippen LogP contribution is -2.33. The fourth-order valence-electron chi connectivity index (χ4n) is 2.33. The van der Waals surface area contributed by atoms with Gasteiger partial charge in [-0.15, -0.1) is 0 Å². The predicted octanol–water partition coefficient (Wildman–Crippen LogP) is 2.48. The molecule has 1 saturated carbocycles. The SMILES string of the molecule is CC(C)(C)[C@@H](O)CCNC(=O)CC1CCCC1. The molecule has 0 unspecified atom stereocenters. The molecule has 0 heterocycles. The summed E-state index contributed by atoms with van der Waals surface area (Å²) in [7, 11) is 0. The minimum absolute atomic E-state index is 0.101. The molecular formula is C14H27NO2. The highest BCUT2D eigenvalue weighted by Gasteiger charge is 2.22. The number of aliphatic hydroxyl groups is 1. The van der Waals surface area contributed by atoms with Gasteiger partial charge in [-0.05, 0) is 30.6 Å². The van der Waals surface area contributed by atoms with Crippen molar-refractivity contribution in [1.82, 2.24) is 5.32 Å². The molecule has 0 saturated heterocycles. The van der Waals surface area contributed by atoms with Crippen molar-refractivity contribution >= 4 is 5.91 Å². The Bertz CT molecular complexity index is 239. The molecule has 2 N–H and O–H groups in total. The van der Waals surface area contributed by atoms with Crippen molar-refractivity contribution in [3.63, 3.8) is 0 Å². The Kier molecular flexibility index (Phi) is 5.44. The fourth-order valence-corrected chi connectivity index (χ4v) is 2.33. The molecule has 3 nitrogen and oxygen atoms in total. The highest BCUT2D eigenvalue weighted by atomic mass is 16.3. The van der Waals surface area contributed by atoms with E-state index < -0.39 is 0 Å². The van der Waals surface area contributed by atoms with E-state index in [1.165, 1.54) is 25.7 Å². The van der Waals surface area contributed by atoms with E-state index in [2.05, 4.69) is 5.32 Å². The normalized spacial score (nSPS) is 19.3. The van der Waals surface area contributed by atoms with Crippen LogP contribution < -0.4 is 5.32 Å². The van der Waals surface area contributed by atoms with Gasteiger partial charge in [0.2, 0.25) is 5.91 Å². The number of rotatable bonds is 5. The number of carbonyl (C=O) groups excluding carboxylic acids is 1. The van der Waals surface area contributed by atoms with Crippen LogP contribution in [0.5, 0.6) is 0 Å². The first kappa shape index (κ1) is 14.5. The molecule has 1 aliphatic carbocycles. The first-order valence-corrected chi connectivity index (χ1v) is 6.84. The zero-order valence-electron chi connectivity index (χ0n) is 11.5. The van der Waals surface area contributed by atoms with Crippen LogP contribution in [-0.4, -0.2) is 23.7 Å². The Morgan fingerprint density at radius 3 is 2.47 bits per heavy atom. The number of hydrogen-bond donors (Lipinski definition) is 2. The second-order valence-electron chi connectivity index (χ2n) is 6.38. The Morgan fingerprint density at radius 1 is 1.35 bits per heavy atom. The third-order valence-electron chi connectivity index (χ3n) is 3.69. The molecule has 1 aliphatic rings. The Balaban J connectivity index is 2.11. The quantitative estimate of drug-likeness (QED) is 0.777. The average Bonchev–Trinajstić information content (AvgIpc) is 2.68. The smallest absolute Gasteiger partial charge is 0.220 e. The van der Waals surface area contributed by atoms with Crippen LogP contribution in [0.25, 0.3) is 0 Å². The molecule has 0 aromatic heterocycles. The molecule has 1 amide bonds. The van der Waals surface area contributed by atoms with Gasteiger partial charge in [-0.1, -0.05) is 33.6 Å². The molecule has 3 heteroatoms. The first-order chi connectivity index (χ1) is 7.89.